The molecule has 0 spiro atoms. The first-order valence-corrected chi connectivity index (χ1v) is 6.13. The van der Waals surface area contributed by atoms with Gasteiger partial charge in [0, 0.05) is 13.5 Å². The van der Waals surface area contributed by atoms with Gasteiger partial charge in [-0.25, -0.2) is 4.39 Å². The van der Waals surface area contributed by atoms with Gasteiger partial charge in [-0.15, -0.1) is 13.2 Å². The molecule has 0 aromatic heterocycles. The fourth-order valence-electron chi connectivity index (χ4n) is 1.64. The normalized spacial score (nSPS) is 12.9. The second-order valence-corrected chi connectivity index (χ2v) is 4.15. The molecule has 0 heterocycles. The number of amides is 1. The molecule has 1 atom stereocenters. The van der Waals surface area contributed by atoms with Crippen LogP contribution in [0, 0.1) is 5.82 Å². The lowest BCUT2D eigenvalue weighted by atomic mass is 10.1. The Kier molecular flexibility index (Phi) is 5.95. The van der Waals surface area contributed by atoms with Crippen LogP contribution >= 0.6 is 0 Å². The molecule has 1 unspecified atom stereocenters. The Labute approximate surface area is 119 Å². The highest BCUT2D eigenvalue weighted by molar-refractivity contribution is 5.73. The molecule has 8 heteroatoms. The number of benzene rings is 1. The van der Waals surface area contributed by atoms with Gasteiger partial charge < -0.3 is 14.8 Å². The number of rotatable bonds is 6. The van der Waals surface area contributed by atoms with Crippen molar-refractivity contribution < 1.29 is 31.8 Å². The minimum Gasteiger partial charge on any atom is -0.403 e. The molecule has 1 aromatic rings. The van der Waals surface area contributed by atoms with Crippen molar-refractivity contribution in [3.05, 3.63) is 29.6 Å². The molecule has 0 saturated heterocycles. The molecule has 1 amide bonds. The van der Waals surface area contributed by atoms with E-state index in [1.165, 1.54) is 13.0 Å². The lowest BCUT2D eigenvalue weighted by molar-refractivity contribution is -0.275. The third-order valence-corrected chi connectivity index (χ3v) is 2.45. The second-order valence-electron chi connectivity index (χ2n) is 4.15. The molecule has 0 saturated carbocycles. The number of nitrogens with one attached hydrogen (secondary N) is 1. The van der Waals surface area contributed by atoms with E-state index in [4.69, 9.17) is 4.74 Å². The molecule has 0 aliphatic carbocycles. The highest BCUT2D eigenvalue weighted by Crippen LogP contribution is 2.27. The van der Waals surface area contributed by atoms with Crippen molar-refractivity contribution >= 4 is 5.91 Å². The van der Waals surface area contributed by atoms with Crippen LogP contribution < -0.4 is 10.1 Å². The van der Waals surface area contributed by atoms with E-state index in [0.29, 0.717) is 6.61 Å². The van der Waals surface area contributed by atoms with Gasteiger partial charge in [-0.1, -0.05) is 6.07 Å². The van der Waals surface area contributed by atoms with Gasteiger partial charge in [0.15, 0.2) is 11.6 Å². The van der Waals surface area contributed by atoms with E-state index in [1.807, 2.05) is 0 Å². The average molecular weight is 309 g/mol. The number of carbonyl (C=O) groups is 1. The molecule has 0 radical (unpaired) electrons. The van der Waals surface area contributed by atoms with Gasteiger partial charge in [0.1, 0.15) is 0 Å². The van der Waals surface area contributed by atoms with Crippen molar-refractivity contribution in [1.82, 2.24) is 5.32 Å². The van der Waals surface area contributed by atoms with Gasteiger partial charge in [-0.3, -0.25) is 4.79 Å². The molecule has 0 aliphatic rings. The van der Waals surface area contributed by atoms with Crippen LogP contribution in [-0.4, -0.2) is 25.5 Å². The summed E-state index contributed by atoms with van der Waals surface area (Å²) in [7, 11) is 0. The Bertz CT molecular complexity index is 491. The first-order chi connectivity index (χ1) is 9.73. The lowest BCUT2D eigenvalue weighted by Gasteiger charge is -2.19. The van der Waals surface area contributed by atoms with Crippen molar-refractivity contribution in [3.8, 4) is 5.75 Å². The molecular weight excluding hydrogens is 294 g/mol. The number of halogens is 4. The minimum atomic E-state index is -4.97. The van der Waals surface area contributed by atoms with E-state index >= 15 is 0 Å². The van der Waals surface area contributed by atoms with Crippen LogP contribution in [0.25, 0.3) is 0 Å². The van der Waals surface area contributed by atoms with E-state index in [0.717, 1.165) is 12.1 Å². The first-order valence-electron chi connectivity index (χ1n) is 6.13. The van der Waals surface area contributed by atoms with Crippen LogP contribution in [0.3, 0.4) is 0 Å². The zero-order valence-electron chi connectivity index (χ0n) is 11.5. The number of hydrogen-bond acceptors (Lipinski definition) is 3. The fourth-order valence-corrected chi connectivity index (χ4v) is 1.64. The minimum absolute atomic E-state index is 0.0784. The van der Waals surface area contributed by atoms with Gasteiger partial charge in [-0.05, 0) is 24.6 Å². The zero-order chi connectivity index (χ0) is 16.0. The molecule has 118 valence electrons. The molecule has 0 aliphatic heterocycles. The summed E-state index contributed by atoms with van der Waals surface area (Å²) in [5.41, 5.74) is 0.283. The SMILES string of the molecule is CCOCC(NC(C)=O)c1ccc(OC(F)(F)F)c(F)c1. The molecule has 1 aromatic carbocycles. The van der Waals surface area contributed by atoms with Crippen LogP contribution in [0.1, 0.15) is 25.5 Å². The predicted octanol–water partition coefficient (Wildman–Crippen LogP) is 2.94. The Balaban J connectivity index is 2.94. The van der Waals surface area contributed by atoms with Gasteiger partial charge in [0.05, 0.1) is 12.6 Å². The molecule has 21 heavy (non-hydrogen) atoms. The topological polar surface area (TPSA) is 47.6 Å². The Morgan fingerprint density at radius 2 is 2.05 bits per heavy atom. The quantitative estimate of drug-likeness (QED) is 0.822. The maximum Gasteiger partial charge on any atom is 0.573 e. The van der Waals surface area contributed by atoms with E-state index in [-0.39, 0.29) is 18.1 Å². The smallest absolute Gasteiger partial charge is 0.403 e. The summed E-state index contributed by atoms with van der Waals surface area (Å²) in [6.45, 7) is 3.48. The third kappa shape index (κ3) is 5.99. The molecular formula is C13H15F4NO3. The van der Waals surface area contributed by atoms with Crippen molar-refractivity contribution in [2.75, 3.05) is 13.2 Å². The predicted molar refractivity (Wildman–Crippen MR) is 66.1 cm³/mol. The summed E-state index contributed by atoms with van der Waals surface area (Å²) in [5.74, 6) is -2.46. The summed E-state index contributed by atoms with van der Waals surface area (Å²) >= 11 is 0. The molecule has 1 N–H and O–H groups in total. The van der Waals surface area contributed by atoms with Crippen LogP contribution in [0.5, 0.6) is 5.75 Å². The number of carbonyl (C=O) groups excluding carboxylic acids is 1. The summed E-state index contributed by atoms with van der Waals surface area (Å²) in [6.07, 6.45) is -4.97. The van der Waals surface area contributed by atoms with Crippen LogP contribution in [-0.2, 0) is 9.53 Å². The Morgan fingerprint density at radius 3 is 2.52 bits per heavy atom. The third-order valence-electron chi connectivity index (χ3n) is 2.45. The lowest BCUT2D eigenvalue weighted by Crippen LogP contribution is -2.29. The van der Waals surface area contributed by atoms with Crippen LogP contribution in [0.4, 0.5) is 17.6 Å². The van der Waals surface area contributed by atoms with E-state index in [1.54, 1.807) is 6.92 Å². The summed E-state index contributed by atoms with van der Waals surface area (Å²) in [5, 5.41) is 2.53. The summed E-state index contributed by atoms with van der Waals surface area (Å²) in [4.78, 5) is 11.1. The summed E-state index contributed by atoms with van der Waals surface area (Å²) < 4.78 is 58.5. The Hall–Kier alpha value is -1.83. The van der Waals surface area contributed by atoms with E-state index < -0.39 is 24.0 Å². The zero-order valence-corrected chi connectivity index (χ0v) is 11.5. The van der Waals surface area contributed by atoms with Crippen molar-refractivity contribution in [1.29, 1.82) is 0 Å². The van der Waals surface area contributed by atoms with Gasteiger partial charge in [-0.2, -0.15) is 0 Å². The Morgan fingerprint density at radius 1 is 1.38 bits per heavy atom. The van der Waals surface area contributed by atoms with Gasteiger partial charge in [0.2, 0.25) is 5.91 Å². The number of ether oxygens (including phenoxy) is 2. The highest BCUT2D eigenvalue weighted by atomic mass is 19.4. The van der Waals surface area contributed by atoms with E-state index in [2.05, 4.69) is 10.1 Å². The monoisotopic (exact) mass is 309 g/mol. The number of alkyl halides is 3. The van der Waals surface area contributed by atoms with Crippen LogP contribution in [0.15, 0.2) is 18.2 Å². The second kappa shape index (κ2) is 7.26. The largest absolute Gasteiger partial charge is 0.573 e. The molecule has 4 nitrogen and oxygen atoms in total. The van der Waals surface area contributed by atoms with Crippen LogP contribution in [0.2, 0.25) is 0 Å². The van der Waals surface area contributed by atoms with Crippen molar-refractivity contribution in [2.24, 2.45) is 0 Å². The number of hydrogen-bond donors (Lipinski definition) is 1. The average Bonchev–Trinajstić information content (AvgIpc) is 2.35. The maximum absolute atomic E-state index is 13.6. The highest BCUT2D eigenvalue weighted by Gasteiger charge is 2.32. The fraction of sp³-hybridized carbons (Fsp3) is 0.462. The first kappa shape index (κ1) is 17.2. The van der Waals surface area contributed by atoms with Gasteiger partial charge in [0.25, 0.3) is 0 Å². The molecule has 1 rings (SSSR count). The van der Waals surface area contributed by atoms with E-state index in [9.17, 15) is 22.4 Å². The standard InChI is InChI=1S/C13H15F4NO3/c1-3-20-7-11(18-8(2)19)9-4-5-12(10(14)6-9)21-13(15,16)17/h4-6,11H,3,7H2,1-2H3,(H,18,19). The maximum atomic E-state index is 13.6. The van der Waals surface area contributed by atoms with Crippen molar-refractivity contribution in [3.63, 3.8) is 0 Å². The molecule has 0 bridgehead atoms. The van der Waals surface area contributed by atoms with Crippen molar-refractivity contribution in [2.45, 2.75) is 26.3 Å². The molecule has 0 fully saturated rings. The summed E-state index contributed by atoms with van der Waals surface area (Å²) in [6, 6.07) is 2.32. The van der Waals surface area contributed by atoms with Gasteiger partial charge >= 0.3 is 6.36 Å².